The van der Waals surface area contributed by atoms with Crippen LogP contribution < -0.4 is 5.32 Å². The number of ketones is 1. The molecular formula is C9H15NO2. The summed E-state index contributed by atoms with van der Waals surface area (Å²) >= 11 is 0. The molecule has 0 spiro atoms. The van der Waals surface area contributed by atoms with Gasteiger partial charge in [-0.05, 0) is 19.4 Å². The second-order valence-corrected chi connectivity index (χ2v) is 3.60. The highest BCUT2D eigenvalue weighted by atomic mass is 16.5. The Labute approximate surface area is 72.5 Å². The van der Waals surface area contributed by atoms with Gasteiger partial charge in [-0.1, -0.05) is 0 Å². The quantitative estimate of drug-likeness (QED) is 0.568. The normalized spacial score (nSPS) is 37.2. The predicted octanol–water partition coefficient (Wildman–Crippen LogP) is 0.344. The average Bonchev–Trinajstić information content (AvgIpc) is 2.29. The van der Waals surface area contributed by atoms with Crippen molar-refractivity contribution in [2.75, 3.05) is 19.8 Å². The van der Waals surface area contributed by atoms with E-state index in [0.29, 0.717) is 11.8 Å². The Morgan fingerprint density at radius 3 is 3.33 bits per heavy atom. The summed E-state index contributed by atoms with van der Waals surface area (Å²) in [5.41, 5.74) is 0. The van der Waals surface area contributed by atoms with Gasteiger partial charge in [-0.25, -0.2) is 0 Å². The van der Waals surface area contributed by atoms with E-state index >= 15 is 0 Å². The second-order valence-electron chi connectivity index (χ2n) is 3.60. The topological polar surface area (TPSA) is 38.3 Å². The highest BCUT2D eigenvalue weighted by Crippen LogP contribution is 2.20. The van der Waals surface area contributed by atoms with Crippen molar-refractivity contribution in [1.82, 2.24) is 5.32 Å². The smallest absolute Gasteiger partial charge is 0.137 e. The first-order valence-corrected chi connectivity index (χ1v) is 4.72. The van der Waals surface area contributed by atoms with Crippen LogP contribution in [0.25, 0.3) is 0 Å². The molecule has 2 aliphatic rings. The first-order chi connectivity index (χ1) is 5.88. The Bertz CT molecular complexity index is 181. The predicted molar refractivity (Wildman–Crippen MR) is 45.0 cm³/mol. The van der Waals surface area contributed by atoms with Gasteiger partial charge in [0, 0.05) is 25.0 Å². The summed E-state index contributed by atoms with van der Waals surface area (Å²) < 4.78 is 5.33. The van der Waals surface area contributed by atoms with Crippen LogP contribution in [0.2, 0.25) is 0 Å². The van der Waals surface area contributed by atoms with Gasteiger partial charge in [0.05, 0.1) is 6.61 Å². The molecule has 0 aromatic rings. The van der Waals surface area contributed by atoms with Gasteiger partial charge >= 0.3 is 0 Å². The van der Waals surface area contributed by atoms with Gasteiger partial charge < -0.3 is 10.1 Å². The molecule has 3 nitrogen and oxygen atoms in total. The fraction of sp³-hybridized carbons (Fsp3) is 0.889. The van der Waals surface area contributed by atoms with Crippen LogP contribution in [0.15, 0.2) is 0 Å². The molecule has 68 valence electrons. The van der Waals surface area contributed by atoms with Crippen molar-refractivity contribution in [2.45, 2.75) is 25.3 Å². The molecule has 12 heavy (non-hydrogen) atoms. The summed E-state index contributed by atoms with van der Waals surface area (Å²) in [5.74, 6) is 0.676. The fourth-order valence-corrected chi connectivity index (χ4v) is 2.06. The van der Waals surface area contributed by atoms with E-state index in [1.54, 1.807) is 0 Å². The number of fused-ring (bicyclic) bond motifs is 1. The lowest BCUT2D eigenvalue weighted by Gasteiger charge is -2.29. The van der Waals surface area contributed by atoms with Crippen LogP contribution in [-0.2, 0) is 9.53 Å². The van der Waals surface area contributed by atoms with Gasteiger partial charge in [-0.3, -0.25) is 4.79 Å². The van der Waals surface area contributed by atoms with E-state index < -0.39 is 0 Å². The summed E-state index contributed by atoms with van der Waals surface area (Å²) in [5, 5.41) is 3.37. The Hall–Kier alpha value is -0.410. The van der Waals surface area contributed by atoms with Gasteiger partial charge in [-0.2, -0.15) is 0 Å². The van der Waals surface area contributed by atoms with Crippen LogP contribution in [0, 0.1) is 5.92 Å². The molecule has 0 aliphatic carbocycles. The van der Waals surface area contributed by atoms with Crippen molar-refractivity contribution in [2.24, 2.45) is 5.92 Å². The number of carbonyl (C=O) groups is 1. The van der Waals surface area contributed by atoms with Gasteiger partial charge in [0.2, 0.25) is 0 Å². The van der Waals surface area contributed by atoms with E-state index in [9.17, 15) is 4.79 Å². The molecular weight excluding hydrogens is 154 g/mol. The van der Waals surface area contributed by atoms with Crippen LogP contribution >= 0.6 is 0 Å². The number of carbonyl (C=O) groups excluding carboxylic acids is 1. The van der Waals surface area contributed by atoms with E-state index in [4.69, 9.17) is 4.74 Å². The molecule has 2 heterocycles. The molecule has 2 rings (SSSR count). The van der Waals surface area contributed by atoms with E-state index in [1.807, 2.05) is 0 Å². The number of hydrogen-bond donors (Lipinski definition) is 1. The number of nitrogens with one attached hydrogen (secondary N) is 1. The third-order valence-corrected chi connectivity index (χ3v) is 2.78. The van der Waals surface area contributed by atoms with E-state index in [2.05, 4.69) is 5.32 Å². The molecule has 1 N–H and O–H groups in total. The summed E-state index contributed by atoms with van der Waals surface area (Å²) in [4.78, 5) is 11.6. The minimum absolute atomic E-state index is 0.237. The molecule has 0 aromatic heterocycles. The lowest BCUT2D eigenvalue weighted by molar-refractivity contribution is -0.126. The summed E-state index contributed by atoms with van der Waals surface area (Å²) in [7, 11) is 0. The van der Waals surface area contributed by atoms with Crippen molar-refractivity contribution in [3.8, 4) is 0 Å². The third-order valence-electron chi connectivity index (χ3n) is 2.78. The fourth-order valence-electron chi connectivity index (χ4n) is 2.06. The van der Waals surface area contributed by atoms with Gasteiger partial charge in [-0.15, -0.1) is 0 Å². The van der Waals surface area contributed by atoms with Crippen LogP contribution in [0.3, 0.4) is 0 Å². The zero-order valence-corrected chi connectivity index (χ0v) is 7.21. The van der Waals surface area contributed by atoms with E-state index in [1.165, 1.54) is 0 Å². The largest absolute Gasteiger partial charge is 0.380 e. The monoisotopic (exact) mass is 169 g/mol. The molecule has 2 aliphatic heterocycles. The van der Waals surface area contributed by atoms with Gasteiger partial charge in [0.15, 0.2) is 0 Å². The molecule has 0 radical (unpaired) electrons. The van der Waals surface area contributed by atoms with Crippen LogP contribution in [-0.4, -0.2) is 31.6 Å². The lowest BCUT2D eigenvalue weighted by atomic mass is 9.90. The average molecular weight is 169 g/mol. The van der Waals surface area contributed by atoms with Crippen LogP contribution in [0.5, 0.6) is 0 Å². The molecule has 0 amide bonds. The molecule has 2 fully saturated rings. The van der Waals surface area contributed by atoms with Crippen molar-refractivity contribution in [3.05, 3.63) is 0 Å². The summed E-state index contributed by atoms with van der Waals surface area (Å²) in [6.45, 7) is 2.45. The Balaban J connectivity index is 2.06. The highest BCUT2D eigenvalue weighted by Gasteiger charge is 2.32. The van der Waals surface area contributed by atoms with Gasteiger partial charge in [0.1, 0.15) is 5.78 Å². The highest BCUT2D eigenvalue weighted by molar-refractivity contribution is 5.82. The Kier molecular flexibility index (Phi) is 2.42. The Morgan fingerprint density at radius 1 is 1.50 bits per heavy atom. The molecule has 2 unspecified atom stereocenters. The summed E-state index contributed by atoms with van der Waals surface area (Å²) in [6, 6.07) is 0.300. The minimum atomic E-state index is 0.237. The summed E-state index contributed by atoms with van der Waals surface area (Å²) in [6.07, 6.45) is 2.66. The Morgan fingerprint density at radius 2 is 2.42 bits per heavy atom. The molecule has 2 saturated heterocycles. The molecule has 0 aromatic carbocycles. The lowest BCUT2D eigenvalue weighted by Crippen LogP contribution is -2.45. The van der Waals surface area contributed by atoms with E-state index in [-0.39, 0.29) is 5.92 Å². The van der Waals surface area contributed by atoms with Crippen molar-refractivity contribution < 1.29 is 9.53 Å². The zero-order valence-electron chi connectivity index (χ0n) is 7.21. The van der Waals surface area contributed by atoms with Crippen LogP contribution in [0.1, 0.15) is 19.3 Å². The molecule has 3 heteroatoms. The van der Waals surface area contributed by atoms with Crippen molar-refractivity contribution >= 4 is 5.78 Å². The molecule has 0 bridgehead atoms. The number of rotatable bonds is 0. The number of Topliss-reactive ketones (excluding diaryl/α,β-unsaturated/α-hetero) is 1. The number of hydrogen-bond acceptors (Lipinski definition) is 3. The van der Waals surface area contributed by atoms with E-state index in [0.717, 1.165) is 39.0 Å². The maximum absolute atomic E-state index is 11.6. The first kappa shape index (κ1) is 8.20. The zero-order chi connectivity index (χ0) is 8.39. The standard InChI is InChI=1S/C9H15NO2/c11-9-2-1-4-10-8-6-12-5-3-7(8)9/h7-8,10H,1-6H2. The van der Waals surface area contributed by atoms with Crippen molar-refractivity contribution in [3.63, 3.8) is 0 Å². The maximum atomic E-state index is 11.6. The van der Waals surface area contributed by atoms with Crippen molar-refractivity contribution in [1.29, 1.82) is 0 Å². The van der Waals surface area contributed by atoms with Gasteiger partial charge in [0.25, 0.3) is 0 Å². The molecule has 2 atom stereocenters. The number of ether oxygens (including phenoxy) is 1. The van der Waals surface area contributed by atoms with Crippen LogP contribution in [0.4, 0.5) is 0 Å². The SMILES string of the molecule is O=C1CCCNC2COCCC12. The maximum Gasteiger partial charge on any atom is 0.137 e. The molecule has 0 saturated carbocycles. The minimum Gasteiger partial charge on any atom is -0.380 e. The second kappa shape index (κ2) is 3.54. The third kappa shape index (κ3) is 1.52. The first-order valence-electron chi connectivity index (χ1n) is 4.72.